The van der Waals surface area contributed by atoms with Crippen LogP contribution in [0.4, 0.5) is 0 Å². The smallest absolute Gasteiger partial charge is 0.0227 e. The van der Waals surface area contributed by atoms with Gasteiger partial charge in [-0.3, -0.25) is 0 Å². The highest BCUT2D eigenvalue weighted by Crippen LogP contribution is 2.38. The van der Waals surface area contributed by atoms with Crippen LogP contribution in [0, 0.1) is 0 Å². The molecule has 1 aromatic carbocycles. The largest absolute Gasteiger partial charge is 0.330 e. The first-order chi connectivity index (χ1) is 8.66. The molecule has 0 atom stereocenters. The minimum Gasteiger partial charge on any atom is -0.330 e. The lowest BCUT2D eigenvalue weighted by atomic mass is 9.69. The van der Waals surface area contributed by atoms with Gasteiger partial charge in [-0.05, 0) is 38.1 Å². The number of hydrogen-bond donors (Lipinski definition) is 1. The third-order valence-electron chi connectivity index (χ3n) is 4.24. The predicted octanol–water partition coefficient (Wildman–Crippen LogP) is 2.91. The minimum absolute atomic E-state index is 0.251. The van der Waals surface area contributed by atoms with Crippen molar-refractivity contribution in [1.82, 2.24) is 4.90 Å². The van der Waals surface area contributed by atoms with Crippen LogP contribution in [0.1, 0.15) is 43.2 Å². The number of benzene rings is 1. The molecule has 100 valence electrons. The van der Waals surface area contributed by atoms with Crippen molar-refractivity contribution in [2.45, 2.75) is 44.1 Å². The lowest BCUT2D eigenvalue weighted by Crippen LogP contribution is -2.37. The highest BCUT2D eigenvalue weighted by molar-refractivity contribution is 5.31. The van der Waals surface area contributed by atoms with Crippen molar-refractivity contribution in [3.8, 4) is 0 Å². The van der Waals surface area contributed by atoms with Crippen LogP contribution in [-0.2, 0) is 12.0 Å². The molecule has 1 aromatic rings. The van der Waals surface area contributed by atoms with Gasteiger partial charge in [-0.25, -0.2) is 0 Å². The Kier molecular flexibility index (Phi) is 4.41. The van der Waals surface area contributed by atoms with Gasteiger partial charge < -0.3 is 10.6 Å². The van der Waals surface area contributed by atoms with Crippen molar-refractivity contribution in [2.24, 2.45) is 5.73 Å². The quantitative estimate of drug-likeness (QED) is 0.885. The Morgan fingerprint density at radius 3 is 2.50 bits per heavy atom. The third-order valence-corrected chi connectivity index (χ3v) is 4.24. The van der Waals surface area contributed by atoms with Crippen LogP contribution in [0.3, 0.4) is 0 Å². The molecule has 0 radical (unpaired) electrons. The first kappa shape index (κ1) is 13.6. The van der Waals surface area contributed by atoms with Crippen molar-refractivity contribution < 1.29 is 0 Å². The summed E-state index contributed by atoms with van der Waals surface area (Å²) in [6.07, 6.45) is 6.55. The van der Waals surface area contributed by atoms with E-state index in [2.05, 4.69) is 43.3 Å². The fourth-order valence-corrected chi connectivity index (χ4v) is 3.20. The van der Waals surface area contributed by atoms with E-state index in [1.165, 1.54) is 43.2 Å². The summed E-state index contributed by atoms with van der Waals surface area (Å²) in [6, 6.07) is 9.06. The van der Waals surface area contributed by atoms with Gasteiger partial charge in [-0.1, -0.05) is 43.5 Å². The van der Waals surface area contributed by atoms with Crippen LogP contribution in [0.2, 0.25) is 0 Å². The molecule has 0 heterocycles. The fraction of sp³-hybridized carbons (Fsp3) is 0.625. The average molecular weight is 246 g/mol. The highest BCUT2D eigenvalue weighted by atomic mass is 15.0. The summed E-state index contributed by atoms with van der Waals surface area (Å²) in [5.41, 5.74) is 9.22. The zero-order valence-electron chi connectivity index (χ0n) is 11.8. The molecule has 0 spiro atoms. The maximum absolute atomic E-state index is 6.11. The first-order valence-corrected chi connectivity index (χ1v) is 7.10. The van der Waals surface area contributed by atoms with E-state index in [1.807, 2.05) is 0 Å². The fourth-order valence-electron chi connectivity index (χ4n) is 3.20. The molecule has 0 saturated heterocycles. The van der Waals surface area contributed by atoms with Gasteiger partial charge in [-0.15, -0.1) is 0 Å². The second-order valence-corrected chi connectivity index (χ2v) is 5.98. The SMILES string of the molecule is CN(C)Cc1cccc(C2(CN)CCCCC2)c1. The maximum atomic E-state index is 6.11. The van der Waals surface area contributed by atoms with Crippen LogP contribution < -0.4 is 5.73 Å². The number of hydrogen-bond acceptors (Lipinski definition) is 2. The van der Waals surface area contributed by atoms with Crippen molar-refractivity contribution >= 4 is 0 Å². The normalized spacial score (nSPS) is 19.1. The Bertz CT molecular complexity index is 378. The van der Waals surface area contributed by atoms with Gasteiger partial charge in [-0.2, -0.15) is 0 Å². The number of nitrogens with two attached hydrogens (primary N) is 1. The van der Waals surface area contributed by atoms with Gasteiger partial charge in [0.15, 0.2) is 0 Å². The molecule has 0 bridgehead atoms. The standard InChI is InChI=1S/C16H26N2/c1-18(2)12-14-7-6-8-15(11-14)16(13-17)9-4-3-5-10-16/h6-8,11H,3-5,9-10,12-13,17H2,1-2H3. The van der Waals surface area contributed by atoms with Gasteiger partial charge in [0.25, 0.3) is 0 Å². The van der Waals surface area contributed by atoms with Crippen molar-refractivity contribution in [1.29, 1.82) is 0 Å². The monoisotopic (exact) mass is 246 g/mol. The molecule has 0 aliphatic heterocycles. The van der Waals surface area contributed by atoms with Gasteiger partial charge in [0.2, 0.25) is 0 Å². The topological polar surface area (TPSA) is 29.3 Å². The second-order valence-electron chi connectivity index (χ2n) is 5.98. The van der Waals surface area contributed by atoms with Gasteiger partial charge in [0.1, 0.15) is 0 Å². The minimum atomic E-state index is 0.251. The molecule has 1 aliphatic carbocycles. The molecule has 0 unspecified atom stereocenters. The number of nitrogens with zero attached hydrogens (tertiary/aromatic N) is 1. The Morgan fingerprint density at radius 1 is 1.17 bits per heavy atom. The predicted molar refractivity (Wildman–Crippen MR) is 77.7 cm³/mol. The van der Waals surface area contributed by atoms with Gasteiger partial charge >= 0.3 is 0 Å². The van der Waals surface area contributed by atoms with E-state index < -0.39 is 0 Å². The molecule has 1 fully saturated rings. The van der Waals surface area contributed by atoms with Crippen LogP contribution in [0.5, 0.6) is 0 Å². The third kappa shape index (κ3) is 2.93. The zero-order chi connectivity index (χ0) is 13.0. The summed E-state index contributed by atoms with van der Waals surface area (Å²) in [4.78, 5) is 2.22. The molecule has 0 aromatic heterocycles. The molecule has 0 amide bonds. The Labute approximate surface area is 111 Å². The summed E-state index contributed by atoms with van der Waals surface area (Å²) >= 11 is 0. The molecule has 1 saturated carbocycles. The molecular formula is C16H26N2. The highest BCUT2D eigenvalue weighted by Gasteiger charge is 2.32. The van der Waals surface area contributed by atoms with Crippen molar-refractivity contribution in [2.75, 3.05) is 20.6 Å². The summed E-state index contributed by atoms with van der Waals surface area (Å²) in [5.74, 6) is 0. The van der Waals surface area contributed by atoms with E-state index in [4.69, 9.17) is 5.73 Å². The summed E-state index contributed by atoms with van der Waals surface area (Å²) in [6.45, 7) is 1.80. The Morgan fingerprint density at radius 2 is 1.89 bits per heavy atom. The van der Waals surface area contributed by atoms with E-state index in [1.54, 1.807) is 0 Å². The molecule has 2 N–H and O–H groups in total. The summed E-state index contributed by atoms with van der Waals surface area (Å²) < 4.78 is 0. The van der Waals surface area contributed by atoms with Crippen LogP contribution in [-0.4, -0.2) is 25.5 Å². The molecule has 18 heavy (non-hydrogen) atoms. The molecule has 2 nitrogen and oxygen atoms in total. The lowest BCUT2D eigenvalue weighted by Gasteiger charge is -2.37. The van der Waals surface area contributed by atoms with Crippen LogP contribution in [0.25, 0.3) is 0 Å². The Balaban J connectivity index is 2.25. The van der Waals surface area contributed by atoms with E-state index in [0.717, 1.165) is 13.1 Å². The summed E-state index contributed by atoms with van der Waals surface area (Å²) in [7, 11) is 4.23. The first-order valence-electron chi connectivity index (χ1n) is 7.10. The second kappa shape index (κ2) is 5.85. The maximum Gasteiger partial charge on any atom is 0.0227 e. The Hall–Kier alpha value is -0.860. The van der Waals surface area contributed by atoms with E-state index >= 15 is 0 Å². The number of rotatable bonds is 4. The van der Waals surface area contributed by atoms with Gasteiger partial charge in [0.05, 0.1) is 0 Å². The molecule has 2 rings (SSSR count). The van der Waals surface area contributed by atoms with E-state index in [9.17, 15) is 0 Å². The van der Waals surface area contributed by atoms with Crippen molar-refractivity contribution in [3.63, 3.8) is 0 Å². The van der Waals surface area contributed by atoms with Gasteiger partial charge in [0, 0.05) is 18.5 Å². The van der Waals surface area contributed by atoms with Crippen LogP contribution in [0.15, 0.2) is 24.3 Å². The lowest BCUT2D eigenvalue weighted by molar-refractivity contribution is 0.300. The average Bonchev–Trinajstić information content (AvgIpc) is 2.39. The molecular weight excluding hydrogens is 220 g/mol. The summed E-state index contributed by atoms with van der Waals surface area (Å²) in [5, 5.41) is 0. The van der Waals surface area contributed by atoms with Crippen molar-refractivity contribution in [3.05, 3.63) is 35.4 Å². The molecule has 2 heteroatoms. The van der Waals surface area contributed by atoms with E-state index in [0.29, 0.717) is 0 Å². The zero-order valence-corrected chi connectivity index (χ0v) is 11.8. The van der Waals surface area contributed by atoms with Crippen LogP contribution >= 0.6 is 0 Å². The molecule has 1 aliphatic rings. The van der Waals surface area contributed by atoms with E-state index in [-0.39, 0.29) is 5.41 Å².